The smallest absolute Gasteiger partial charge is 0.388 e. The maximum atomic E-state index is 12.7. The fraction of sp³-hybridized carbons (Fsp3) is 0.333. The summed E-state index contributed by atoms with van der Waals surface area (Å²) in [5, 5.41) is 0. The topological polar surface area (TPSA) is 65.2 Å². The first kappa shape index (κ1) is 15.4. The molecule has 0 aromatic carbocycles. The molecule has 0 aliphatic carbocycles. The van der Waals surface area contributed by atoms with Crippen LogP contribution in [-0.2, 0) is 5.88 Å². The Morgan fingerprint density at radius 2 is 2.05 bits per heavy atom. The van der Waals surface area contributed by atoms with Crippen molar-refractivity contribution in [2.75, 3.05) is 0 Å². The number of alkyl halides is 6. The van der Waals surface area contributed by atoms with Gasteiger partial charge in [0.25, 0.3) is 12.3 Å². The third kappa shape index (κ3) is 3.91. The molecule has 106 valence electrons. The number of nitrogens with two attached hydrogens (primary N) is 1. The van der Waals surface area contributed by atoms with Crippen LogP contribution in [0.15, 0.2) is 6.07 Å². The first-order valence-corrected chi connectivity index (χ1v) is 5.12. The van der Waals surface area contributed by atoms with Crippen LogP contribution >= 0.6 is 11.6 Å². The van der Waals surface area contributed by atoms with Crippen LogP contribution in [-0.4, -0.2) is 17.3 Å². The van der Waals surface area contributed by atoms with Crippen LogP contribution in [0, 0.1) is 0 Å². The van der Waals surface area contributed by atoms with Crippen molar-refractivity contribution in [2.24, 2.45) is 5.73 Å². The first-order chi connectivity index (χ1) is 8.65. The van der Waals surface area contributed by atoms with Gasteiger partial charge in [0.05, 0.1) is 17.1 Å². The van der Waals surface area contributed by atoms with E-state index in [1.807, 2.05) is 0 Å². The molecule has 4 nitrogen and oxygen atoms in total. The Labute approximate surface area is 108 Å². The minimum Gasteiger partial charge on any atom is -0.388 e. The lowest BCUT2D eigenvalue weighted by atomic mass is 10.1. The average molecular weight is 305 g/mol. The van der Waals surface area contributed by atoms with E-state index in [9.17, 15) is 26.7 Å². The molecule has 1 aromatic heterocycles. The third-order valence-electron chi connectivity index (χ3n) is 1.93. The van der Waals surface area contributed by atoms with Gasteiger partial charge < -0.3 is 10.5 Å². The van der Waals surface area contributed by atoms with Crippen LogP contribution in [0.4, 0.5) is 22.0 Å². The van der Waals surface area contributed by atoms with Gasteiger partial charge in [-0.25, -0.2) is 13.8 Å². The van der Waals surface area contributed by atoms with E-state index in [2.05, 4.69) is 9.72 Å². The van der Waals surface area contributed by atoms with Crippen molar-refractivity contribution in [2.45, 2.75) is 18.7 Å². The molecule has 0 spiro atoms. The Bertz CT molecular complexity index is 492. The number of ether oxygens (including phenoxy) is 1. The highest BCUT2D eigenvalue weighted by atomic mass is 35.5. The number of primary amides is 1. The Hall–Kier alpha value is -1.64. The molecular formula is C9H6ClF5N2O2. The molecule has 1 rings (SSSR count). The molecule has 0 fully saturated rings. The van der Waals surface area contributed by atoms with E-state index in [0.29, 0.717) is 6.07 Å². The van der Waals surface area contributed by atoms with E-state index < -0.39 is 47.3 Å². The molecule has 0 saturated carbocycles. The molecule has 1 amide bonds. The van der Waals surface area contributed by atoms with E-state index in [4.69, 9.17) is 17.3 Å². The quantitative estimate of drug-likeness (QED) is 0.687. The van der Waals surface area contributed by atoms with E-state index in [-0.39, 0.29) is 0 Å². The number of halogens is 6. The summed E-state index contributed by atoms with van der Waals surface area (Å²) in [7, 11) is 0. The Morgan fingerprint density at radius 1 is 1.47 bits per heavy atom. The van der Waals surface area contributed by atoms with E-state index in [1.165, 1.54) is 0 Å². The lowest BCUT2D eigenvalue weighted by Crippen LogP contribution is -2.21. The standard InChI is InChI=1S/C9H6ClF5N2O2/c10-2-4-6(8(16)18)3(7(11)12)1-5(17-4)19-9(13,14)15/h1,7H,2H2,(H2,16,18). The molecule has 1 aromatic rings. The fourth-order valence-electron chi connectivity index (χ4n) is 1.32. The highest BCUT2D eigenvalue weighted by molar-refractivity contribution is 6.17. The largest absolute Gasteiger partial charge is 0.574 e. The molecule has 0 aliphatic rings. The van der Waals surface area contributed by atoms with Crippen molar-refractivity contribution in [1.82, 2.24) is 4.98 Å². The maximum Gasteiger partial charge on any atom is 0.574 e. The van der Waals surface area contributed by atoms with Gasteiger partial charge in [0.1, 0.15) is 0 Å². The van der Waals surface area contributed by atoms with Crippen molar-refractivity contribution >= 4 is 17.5 Å². The van der Waals surface area contributed by atoms with Crippen LogP contribution in [0.3, 0.4) is 0 Å². The number of carbonyl (C=O) groups excluding carboxylic acids is 1. The number of nitrogens with zero attached hydrogens (tertiary/aromatic N) is 1. The number of rotatable bonds is 4. The summed E-state index contributed by atoms with van der Waals surface area (Å²) < 4.78 is 64.8. The second-order valence-electron chi connectivity index (χ2n) is 3.22. The number of carbonyl (C=O) groups is 1. The van der Waals surface area contributed by atoms with Gasteiger partial charge in [0.2, 0.25) is 5.88 Å². The van der Waals surface area contributed by atoms with Crippen molar-refractivity contribution in [1.29, 1.82) is 0 Å². The van der Waals surface area contributed by atoms with Gasteiger partial charge in [-0.05, 0) is 0 Å². The van der Waals surface area contributed by atoms with Crippen molar-refractivity contribution in [3.05, 3.63) is 22.9 Å². The van der Waals surface area contributed by atoms with E-state index in [1.54, 1.807) is 0 Å². The van der Waals surface area contributed by atoms with Gasteiger partial charge in [-0.15, -0.1) is 24.8 Å². The number of aromatic nitrogens is 1. The monoisotopic (exact) mass is 304 g/mol. The molecule has 2 N–H and O–H groups in total. The summed E-state index contributed by atoms with van der Waals surface area (Å²) in [6.07, 6.45) is -8.34. The third-order valence-corrected chi connectivity index (χ3v) is 2.18. The molecule has 0 unspecified atom stereocenters. The second kappa shape index (κ2) is 5.55. The van der Waals surface area contributed by atoms with Crippen molar-refractivity contribution in [3.63, 3.8) is 0 Å². The molecule has 1 heterocycles. The lowest BCUT2D eigenvalue weighted by molar-refractivity contribution is -0.276. The summed E-state index contributed by atoms with van der Waals surface area (Å²) >= 11 is 5.34. The Kier molecular flexibility index (Phi) is 4.51. The molecule has 19 heavy (non-hydrogen) atoms. The zero-order valence-corrected chi connectivity index (χ0v) is 9.73. The zero-order valence-electron chi connectivity index (χ0n) is 8.97. The molecule has 0 bridgehead atoms. The SMILES string of the molecule is NC(=O)c1c(C(F)F)cc(OC(F)(F)F)nc1CCl. The van der Waals surface area contributed by atoms with Gasteiger partial charge in [-0.1, -0.05) is 0 Å². The maximum absolute atomic E-state index is 12.7. The summed E-state index contributed by atoms with van der Waals surface area (Å²) in [6, 6.07) is 0.300. The lowest BCUT2D eigenvalue weighted by Gasteiger charge is -2.13. The molecular weight excluding hydrogens is 299 g/mol. The predicted molar refractivity (Wildman–Crippen MR) is 54.0 cm³/mol. The summed E-state index contributed by atoms with van der Waals surface area (Å²) in [6.45, 7) is 0. The van der Waals surface area contributed by atoms with Crippen molar-refractivity contribution in [3.8, 4) is 5.88 Å². The molecule has 10 heteroatoms. The van der Waals surface area contributed by atoms with Crippen LogP contribution in [0.1, 0.15) is 28.0 Å². The molecule has 0 atom stereocenters. The number of hydrogen-bond acceptors (Lipinski definition) is 3. The summed E-state index contributed by atoms with van der Waals surface area (Å²) in [5.41, 5.74) is 2.64. The fourth-order valence-corrected chi connectivity index (χ4v) is 1.51. The minimum absolute atomic E-state index is 0.300. The van der Waals surface area contributed by atoms with Gasteiger partial charge in [0.15, 0.2) is 0 Å². The Morgan fingerprint density at radius 3 is 2.42 bits per heavy atom. The van der Waals surface area contributed by atoms with Crippen LogP contribution in [0.5, 0.6) is 5.88 Å². The van der Waals surface area contributed by atoms with E-state index in [0.717, 1.165) is 0 Å². The minimum atomic E-state index is -5.11. The summed E-state index contributed by atoms with van der Waals surface area (Å²) in [4.78, 5) is 14.3. The van der Waals surface area contributed by atoms with Gasteiger partial charge in [0, 0.05) is 11.6 Å². The molecule has 0 aliphatic heterocycles. The zero-order chi connectivity index (χ0) is 14.8. The Balaban J connectivity index is 3.40. The van der Waals surface area contributed by atoms with Crippen LogP contribution < -0.4 is 10.5 Å². The second-order valence-corrected chi connectivity index (χ2v) is 3.49. The average Bonchev–Trinajstić information content (AvgIpc) is 2.24. The van der Waals surface area contributed by atoms with Gasteiger partial charge in [-0.3, -0.25) is 4.79 Å². The van der Waals surface area contributed by atoms with E-state index >= 15 is 0 Å². The number of amides is 1. The highest BCUT2D eigenvalue weighted by Gasteiger charge is 2.33. The van der Waals surface area contributed by atoms with Gasteiger partial charge in [-0.2, -0.15) is 0 Å². The van der Waals surface area contributed by atoms with Gasteiger partial charge >= 0.3 is 6.36 Å². The molecule has 0 radical (unpaired) electrons. The van der Waals surface area contributed by atoms with Crippen molar-refractivity contribution < 1.29 is 31.5 Å². The highest BCUT2D eigenvalue weighted by Crippen LogP contribution is 2.31. The van der Waals surface area contributed by atoms with Crippen LogP contribution in [0.2, 0.25) is 0 Å². The van der Waals surface area contributed by atoms with Crippen LogP contribution in [0.25, 0.3) is 0 Å². The first-order valence-electron chi connectivity index (χ1n) is 4.59. The summed E-state index contributed by atoms with van der Waals surface area (Å²) in [5.74, 6) is -2.98. The predicted octanol–water partition coefficient (Wildman–Crippen LogP) is 2.76. The molecule has 0 saturated heterocycles. The normalized spacial score (nSPS) is 11.7. The number of hydrogen-bond donors (Lipinski definition) is 1. The number of pyridine rings is 1.